The van der Waals surface area contributed by atoms with Crippen LogP contribution in [0.25, 0.3) is 16.9 Å². The number of rotatable bonds is 7. The van der Waals surface area contributed by atoms with E-state index in [4.69, 9.17) is 14.8 Å². The lowest BCUT2D eigenvalue weighted by molar-refractivity contribution is 0.306. The first-order valence-electron chi connectivity index (χ1n) is 11.3. The van der Waals surface area contributed by atoms with Gasteiger partial charge in [0.25, 0.3) is 0 Å². The molecular formula is C30H25N3O. The lowest BCUT2D eigenvalue weighted by Gasteiger charge is -2.07. The lowest BCUT2D eigenvalue weighted by atomic mass is 10.1. The van der Waals surface area contributed by atoms with Gasteiger partial charge in [0.15, 0.2) is 5.82 Å². The Kier molecular flexibility index (Phi) is 6.30. The molecule has 1 heterocycles. The summed E-state index contributed by atoms with van der Waals surface area (Å²) in [5.74, 6) is 1.60. The number of benzene rings is 4. The zero-order chi connectivity index (χ0) is 23.2. The molecule has 166 valence electrons. The molecule has 4 heteroatoms. The van der Waals surface area contributed by atoms with Crippen LogP contribution in [0.2, 0.25) is 0 Å². The third-order valence-electron chi connectivity index (χ3n) is 5.51. The molecule has 0 radical (unpaired) electrons. The van der Waals surface area contributed by atoms with Crippen molar-refractivity contribution in [3.8, 4) is 22.7 Å². The fourth-order valence-corrected chi connectivity index (χ4v) is 3.61. The third kappa shape index (κ3) is 5.13. The van der Waals surface area contributed by atoms with Crippen molar-refractivity contribution in [3.05, 3.63) is 132 Å². The number of hydrogen-bond donors (Lipinski definition) is 0. The normalized spacial score (nSPS) is 11.1. The summed E-state index contributed by atoms with van der Waals surface area (Å²) >= 11 is 0. The van der Waals surface area contributed by atoms with Crippen LogP contribution in [0.5, 0.6) is 5.75 Å². The highest BCUT2D eigenvalue weighted by molar-refractivity contribution is 5.82. The van der Waals surface area contributed by atoms with Gasteiger partial charge in [-0.25, -0.2) is 9.67 Å². The number of aliphatic imine (C=N–C) groups is 1. The predicted molar refractivity (Wildman–Crippen MR) is 138 cm³/mol. The molecule has 0 N–H and O–H groups in total. The molecule has 1 aromatic heterocycles. The highest BCUT2D eigenvalue weighted by Crippen LogP contribution is 2.26. The number of hydrogen-bond acceptors (Lipinski definition) is 3. The largest absolute Gasteiger partial charge is 0.489 e. The molecule has 0 saturated heterocycles. The van der Waals surface area contributed by atoms with E-state index in [1.54, 1.807) is 0 Å². The second-order valence-corrected chi connectivity index (χ2v) is 8.10. The van der Waals surface area contributed by atoms with Gasteiger partial charge in [-0.2, -0.15) is 5.10 Å². The van der Waals surface area contributed by atoms with Crippen LogP contribution < -0.4 is 4.74 Å². The molecule has 0 amide bonds. The van der Waals surface area contributed by atoms with E-state index in [-0.39, 0.29) is 0 Å². The number of aryl methyl sites for hydroxylation is 1. The van der Waals surface area contributed by atoms with Crippen LogP contribution in [0.15, 0.2) is 120 Å². The highest BCUT2D eigenvalue weighted by Gasteiger charge is 2.10. The van der Waals surface area contributed by atoms with E-state index in [0.29, 0.717) is 6.61 Å². The van der Waals surface area contributed by atoms with Gasteiger partial charge in [-0.15, -0.1) is 0 Å². The second kappa shape index (κ2) is 10.0. The van der Waals surface area contributed by atoms with Gasteiger partial charge in [-0.3, -0.25) is 0 Å². The van der Waals surface area contributed by atoms with Crippen molar-refractivity contribution in [3.63, 3.8) is 0 Å². The van der Waals surface area contributed by atoms with E-state index in [1.165, 1.54) is 5.56 Å². The topological polar surface area (TPSA) is 39.4 Å². The standard InChI is InChI=1S/C30H25N3O/c1-23-12-14-25(15-13-23)22-34-28-18-16-24(17-19-28)21-31-30-20-29(26-8-4-2-5-9-26)32-33(30)27-10-6-3-7-11-27/h2-21H,22H2,1H3/b31-21+. The van der Waals surface area contributed by atoms with Crippen molar-refractivity contribution in [1.29, 1.82) is 0 Å². The summed E-state index contributed by atoms with van der Waals surface area (Å²) < 4.78 is 7.79. The van der Waals surface area contributed by atoms with Gasteiger partial charge in [0.2, 0.25) is 0 Å². The number of para-hydroxylation sites is 1. The van der Waals surface area contributed by atoms with Crippen LogP contribution in [0, 0.1) is 6.92 Å². The van der Waals surface area contributed by atoms with Crippen LogP contribution in [-0.2, 0) is 6.61 Å². The average Bonchev–Trinajstić information content (AvgIpc) is 3.33. The van der Waals surface area contributed by atoms with Gasteiger partial charge >= 0.3 is 0 Å². The van der Waals surface area contributed by atoms with Gasteiger partial charge < -0.3 is 4.74 Å². The smallest absolute Gasteiger partial charge is 0.156 e. The Bertz CT molecular complexity index is 1370. The quantitative estimate of drug-likeness (QED) is 0.250. The SMILES string of the molecule is Cc1ccc(COc2ccc(/C=N/c3cc(-c4ccccc4)nn3-c3ccccc3)cc2)cc1. The predicted octanol–water partition coefficient (Wildman–Crippen LogP) is 7.18. The van der Waals surface area contributed by atoms with E-state index in [2.05, 4.69) is 43.3 Å². The van der Waals surface area contributed by atoms with E-state index in [9.17, 15) is 0 Å². The molecule has 0 bridgehead atoms. The molecular weight excluding hydrogens is 418 g/mol. The number of aromatic nitrogens is 2. The molecule has 34 heavy (non-hydrogen) atoms. The minimum absolute atomic E-state index is 0.548. The Morgan fingerprint density at radius 2 is 1.47 bits per heavy atom. The summed E-state index contributed by atoms with van der Waals surface area (Å²) in [4.78, 5) is 4.77. The molecule has 5 aromatic rings. The van der Waals surface area contributed by atoms with Gasteiger partial charge in [0, 0.05) is 17.8 Å². The Balaban J connectivity index is 1.35. The molecule has 0 fully saturated rings. The van der Waals surface area contributed by atoms with E-state index in [1.807, 2.05) is 89.8 Å². The maximum absolute atomic E-state index is 5.92. The molecule has 0 aliphatic heterocycles. The number of nitrogens with zero attached hydrogens (tertiary/aromatic N) is 3. The molecule has 0 unspecified atom stereocenters. The minimum atomic E-state index is 0.548. The van der Waals surface area contributed by atoms with Crippen LogP contribution >= 0.6 is 0 Å². The second-order valence-electron chi connectivity index (χ2n) is 8.10. The first-order chi connectivity index (χ1) is 16.7. The first-order valence-corrected chi connectivity index (χ1v) is 11.3. The molecule has 0 spiro atoms. The molecule has 4 nitrogen and oxygen atoms in total. The third-order valence-corrected chi connectivity index (χ3v) is 5.51. The molecule has 0 atom stereocenters. The Hall–Kier alpha value is -4.44. The van der Waals surface area contributed by atoms with E-state index < -0.39 is 0 Å². The Labute approximate surface area is 199 Å². The summed E-state index contributed by atoms with van der Waals surface area (Å²) in [5, 5.41) is 4.82. The summed E-state index contributed by atoms with van der Waals surface area (Å²) in [6.07, 6.45) is 1.86. The fourth-order valence-electron chi connectivity index (χ4n) is 3.61. The maximum Gasteiger partial charge on any atom is 0.156 e. The fraction of sp³-hybridized carbons (Fsp3) is 0.0667. The Morgan fingerprint density at radius 3 is 2.18 bits per heavy atom. The van der Waals surface area contributed by atoms with E-state index in [0.717, 1.165) is 39.6 Å². The van der Waals surface area contributed by atoms with Gasteiger partial charge in [-0.05, 0) is 54.4 Å². The molecule has 0 aliphatic rings. The summed E-state index contributed by atoms with van der Waals surface area (Å²) in [5.41, 5.74) is 6.30. The van der Waals surface area contributed by atoms with Crippen molar-refractivity contribution in [2.45, 2.75) is 13.5 Å². The van der Waals surface area contributed by atoms with Crippen molar-refractivity contribution in [1.82, 2.24) is 9.78 Å². The zero-order valence-corrected chi connectivity index (χ0v) is 19.0. The van der Waals surface area contributed by atoms with Crippen molar-refractivity contribution >= 4 is 12.0 Å². The molecule has 0 aliphatic carbocycles. The molecule has 0 saturated carbocycles. The summed E-state index contributed by atoms with van der Waals surface area (Å²) in [7, 11) is 0. The van der Waals surface area contributed by atoms with Crippen LogP contribution in [0.4, 0.5) is 5.82 Å². The van der Waals surface area contributed by atoms with Gasteiger partial charge in [-0.1, -0.05) is 78.4 Å². The Morgan fingerprint density at radius 1 is 0.794 bits per heavy atom. The van der Waals surface area contributed by atoms with Crippen LogP contribution in [0.1, 0.15) is 16.7 Å². The summed E-state index contributed by atoms with van der Waals surface area (Å²) in [6, 6.07) is 38.6. The van der Waals surface area contributed by atoms with Crippen molar-refractivity contribution < 1.29 is 4.74 Å². The molecule has 5 rings (SSSR count). The summed E-state index contributed by atoms with van der Waals surface area (Å²) in [6.45, 7) is 2.63. The average molecular weight is 444 g/mol. The maximum atomic E-state index is 5.92. The lowest BCUT2D eigenvalue weighted by Crippen LogP contribution is -1.96. The number of ether oxygens (including phenoxy) is 1. The zero-order valence-electron chi connectivity index (χ0n) is 19.0. The van der Waals surface area contributed by atoms with Crippen molar-refractivity contribution in [2.24, 2.45) is 4.99 Å². The minimum Gasteiger partial charge on any atom is -0.489 e. The first kappa shape index (κ1) is 21.4. The molecule has 4 aromatic carbocycles. The van der Waals surface area contributed by atoms with Gasteiger partial charge in [0.05, 0.1) is 11.4 Å². The monoisotopic (exact) mass is 443 g/mol. The van der Waals surface area contributed by atoms with Crippen LogP contribution in [0.3, 0.4) is 0 Å². The van der Waals surface area contributed by atoms with Crippen LogP contribution in [-0.4, -0.2) is 16.0 Å². The van der Waals surface area contributed by atoms with Gasteiger partial charge in [0.1, 0.15) is 12.4 Å². The van der Waals surface area contributed by atoms with Crippen molar-refractivity contribution in [2.75, 3.05) is 0 Å². The van der Waals surface area contributed by atoms with E-state index >= 15 is 0 Å². The highest BCUT2D eigenvalue weighted by atomic mass is 16.5.